The summed E-state index contributed by atoms with van der Waals surface area (Å²) in [7, 11) is -3.38. The monoisotopic (exact) mass is 305 g/mol. The Labute approximate surface area is 122 Å². The molecular weight excluding hydrogens is 293 g/mol. The summed E-state index contributed by atoms with van der Waals surface area (Å²) < 4.78 is 42.3. The van der Waals surface area contributed by atoms with E-state index in [2.05, 4.69) is 0 Å². The lowest BCUT2D eigenvalue weighted by atomic mass is 10.2. The van der Waals surface area contributed by atoms with Gasteiger partial charge in [0.15, 0.2) is 21.4 Å². The summed E-state index contributed by atoms with van der Waals surface area (Å²) in [6, 6.07) is 12.0. The van der Waals surface area contributed by atoms with Crippen LogP contribution in [0.15, 0.2) is 47.4 Å². The average Bonchev–Trinajstić information content (AvgIpc) is 2.45. The Kier molecular flexibility index (Phi) is 4.24. The zero-order chi connectivity index (χ0) is 15.5. The first-order valence-corrected chi connectivity index (χ1v) is 7.91. The fraction of sp³-hybridized carbons (Fsp3) is 0.133. The highest BCUT2D eigenvalue weighted by molar-refractivity contribution is 7.90. The summed E-state index contributed by atoms with van der Waals surface area (Å²) in [5.41, 5.74) is 0.639. The topological polar surface area (TPSA) is 67.2 Å². The van der Waals surface area contributed by atoms with E-state index in [-0.39, 0.29) is 22.8 Å². The molecule has 0 bridgehead atoms. The second-order valence-corrected chi connectivity index (χ2v) is 6.41. The van der Waals surface area contributed by atoms with Gasteiger partial charge in [-0.05, 0) is 24.3 Å². The fourth-order valence-corrected chi connectivity index (χ4v) is 2.76. The Bertz CT molecular complexity index is 810. The number of nitrogens with zero attached hydrogens (tertiary/aromatic N) is 1. The first kappa shape index (κ1) is 15.0. The van der Waals surface area contributed by atoms with Gasteiger partial charge in [0.1, 0.15) is 6.61 Å². The van der Waals surface area contributed by atoms with Crippen LogP contribution in [0.5, 0.6) is 5.75 Å². The molecule has 4 nitrogen and oxygen atoms in total. The van der Waals surface area contributed by atoms with Crippen LogP contribution in [-0.2, 0) is 16.4 Å². The molecule has 0 atom stereocenters. The molecule has 2 aromatic rings. The second kappa shape index (κ2) is 5.94. The lowest BCUT2D eigenvalue weighted by Crippen LogP contribution is -2.05. The molecular formula is C15H12FNO3S. The van der Waals surface area contributed by atoms with Gasteiger partial charge in [-0.25, -0.2) is 12.8 Å². The third-order valence-electron chi connectivity index (χ3n) is 2.82. The van der Waals surface area contributed by atoms with Crippen molar-refractivity contribution < 1.29 is 17.5 Å². The molecule has 0 saturated heterocycles. The normalized spacial score (nSPS) is 10.9. The number of rotatable bonds is 4. The number of hydrogen-bond acceptors (Lipinski definition) is 4. The first-order chi connectivity index (χ1) is 9.91. The van der Waals surface area contributed by atoms with Crippen molar-refractivity contribution >= 4 is 9.84 Å². The average molecular weight is 305 g/mol. The van der Waals surface area contributed by atoms with E-state index < -0.39 is 15.7 Å². The van der Waals surface area contributed by atoms with E-state index in [9.17, 15) is 12.8 Å². The largest absolute Gasteiger partial charge is 0.486 e. The number of benzene rings is 2. The van der Waals surface area contributed by atoms with Gasteiger partial charge in [0.25, 0.3) is 0 Å². The molecule has 2 rings (SSSR count). The molecule has 0 aliphatic rings. The smallest absolute Gasteiger partial charge is 0.175 e. The number of hydrogen-bond donors (Lipinski definition) is 0. The van der Waals surface area contributed by atoms with E-state index in [0.29, 0.717) is 5.56 Å². The fourth-order valence-electron chi connectivity index (χ4n) is 1.83. The predicted molar refractivity (Wildman–Crippen MR) is 75.0 cm³/mol. The van der Waals surface area contributed by atoms with Crippen LogP contribution in [-0.4, -0.2) is 14.7 Å². The zero-order valence-electron chi connectivity index (χ0n) is 11.2. The summed E-state index contributed by atoms with van der Waals surface area (Å²) in [4.78, 5) is 0.152. The predicted octanol–water partition coefficient (Wildman–Crippen LogP) is 2.68. The maximum atomic E-state index is 13.7. The Morgan fingerprint density at radius 3 is 2.57 bits per heavy atom. The Hall–Kier alpha value is -2.39. The lowest BCUT2D eigenvalue weighted by Gasteiger charge is -2.10. The Balaban J connectivity index is 2.24. The van der Waals surface area contributed by atoms with E-state index >= 15 is 0 Å². The van der Waals surface area contributed by atoms with Crippen molar-refractivity contribution in [3.8, 4) is 11.8 Å². The van der Waals surface area contributed by atoms with Gasteiger partial charge < -0.3 is 4.74 Å². The van der Waals surface area contributed by atoms with Gasteiger partial charge in [0, 0.05) is 11.8 Å². The SMILES string of the molecule is CS(=O)(=O)c1ccccc1COc1ccc(C#N)cc1F. The van der Waals surface area contributed by atoms with Gasteiger partial charge in [-0.1, -0.05) is 18.2 Å². The van der Waals surface area contributed by atoms with Crippen LogP contribution < -0.4 is 4.74 Å². The minimum absolute atomic E-state index is 0.0303. The Morgan fingerprint density at radius 1 is 1.24 bits per heavy atom. The van der Waals surface area contributed by atoms with Crippen molar-refractivity contribution in [3.63, 3.8) is 0 Å². The van der Waals surface area contributed by atoms with Crippen molar-refractivity contribution in [1.82, 2.24) is 0 Å². The van der Waals surface area contributed by atoms with Crippen LogP contribution in [0.3, 0.4) is 0 Å². The number of ether oxygens (including phenoxy) is 1. The van der Waals surface area contributed by atoms with Crippen LogP contribution in [0.4, 0.5) is 4.39 Å². The summed E-state index contributed by atoms with van der Waals surface area (Å²) in [6.45, 7) is -0.0773. The van der Waals surface area contributed by atoms with Gasteiger partial charge >= 0.3 is 0 Å². The minimum Gasteiger partial charge on any atom is -0.486 e. The van der Waals surface area contributed by atoms with E-state index in [0.717, 1.165) is 12.3 Å². The minimum atomic E-state index is -3.38. The van der Waals surface area contributed by atoms with Crippen LogP contribution in [0.1, 0.15) is 11.1 Å². The van der Waals surface area contributed by atoms with Gasteiger partial charge in [0.05, 0.1) is 16.5 Å². The molecule has 0 radical (unpaired) electrons. The zero-order valence-corrected chi connectivity index (χ0v) is 12.0. The summed E-state index contributed by atoms with van der Waals surface area (Å²) >= 11 is 0. The van der Waals surface area contributed by atoms with E-state index in [4.69, 9.17) is 10.00 Å². The molecule has 0 amide bonds. The molecule has 0 aromatic heterocycles. The van der Waals surface area contributed by atoms with Gasteiger partial charge in [-0.15, -0.1) is 0 Å². The van der Waals surface area contributed by atoms with Gasteiger partial charge in [-0.2, -0.15) is 5.26 Å². The number of halogens is 1. The quantitative estimate of drug-likeness (QED) is 0.871. The third kappa shape index (κ3) is 3.58. The molecule has 0 spiro atoms. The van der Waals surface area contributed by atoms with Crippen LogP contribution in [0.2, 0.25) is 0 Å². The van der Waals surface area contributed by atoms with E-state index in [1.54, 1.807) is 18.2 Å². The van der Waals surface area contributed by atoms with Crippen molar-refractivity contribution in [2.45, 2.75) is 11.5 Å². The molecule has 6 heteroatoms. The molecule has 0 fully saturated rings. The molecule has 2 aromatic carbocycles. The van der Waals surface area contributed by atoms with E-state index in [1.807, 2.05) is 6.07 Å². The van der Waals surface area contributed by atoms with Crippen molar-refractivity contribution in [2.75, 3.05) is 6.26 Å². The van der Waals surface area contributed by atoms with Crippen LogP contribution >= 0.6 is 0 Å². The summed E-state index contributed by atoms with van der Waals surface area (Å²) in [6.07, 6.45) is 1.11. The van der Waals surface area contributed by atoms with Gasteiger partial charge in [0.2, 0.25) is 0 Å². The number of nitriles is 1. The summed E-state index contributed by atoms with van der Waals surface area (Å²) in [5.74, 6) is -0.691. The standard InChI is InChI=1S/C15H12FNO3S/c1-21(18,19)15-5-3-2-4-12(15)10-20-14-7-6-11(9-17)8-13(14)16/h2-8H,10H2,1H3. The highest BCUT2D eigenvalue weighted by atomic mass is 32.2. The maximum Gasteiger partial charge on any atom is 0.175 e. The molecule has 0 aliphatic heterocycles. The molecule has 21 heavy (non-hydrogen) atoms. The molecule has 0 N–H and O–H groups in total. The number of sulfone groups is 1. The first-order valence-electron chi connectivity index (χ1n) is 6.02. The third-order valence-corrected chi connectivity index (χ3v) is 4.01. The van der Waals surface area contributed by atoms with Crippen LogP contribution in [0, 0.1) is 17.1 Å². The van der Waals surface area contributed by atoms with Crippen molar-refractivity contribution in [2.24, 2.45) is 0 Å². The highest BCUT2D eigenvalue weighted by Crippen LogP contribution is 2.21. The lowest BCUT2D eigenvalue weighted by molar-refractivity contribution is 0.287. The summed E-state index contributed by atoms with van der Waals surface area (Å²) in [5, 5.41) is 8.66. The molecule has 0 heterocycles. The maximum absolute atomic E-state index is 13.7. The Morgan fingerprint density at radius 2 is 1.95 bits per heavy atom. The van der Waals surface area contributed by atoms with Crippen LogP contribution in [0.25, 0.3) is 0 Å². The molecule has 0 saturated carbocycles. The highest BCUT2D eigenvalue weighted by Gasteiger charge is 2.13. The molecule has 0 aliphatic carbocycles. The van der Waals surface area contributed by atoms with Crippen molar-refractivity contribution in [3.05, 3.63) is 59.4 Å². The second-order valence-electron chi connectivity index (χ2n) is 4.43. The van der Waals surface area contributed by atoms with E-state index in [1.165, 1.54) is 18.2 Å². The molecule has 0 unspecified atom stereocenters. The van der Waals surface area contributed by atoms with Crippen molar-refractivity contribution in [1.29, 1.82) is 5.26 Å². The van der Waals surface area contributed by atoms with Gasteiger partial charge in [-0.3, -0.25) is 0 Å². The molecule has 108 valence electrons.